The summed E-state index contributed by atoms with van der Waals surface area (Å²) in [5.41, 5.74) is 4.26. The van der Waals surface area contributed by atoms with Crippen LogP contribution < -0.4 is 19.8 Å². The molecule has 31 heavy (non-hydrogen) atoms. The van der Waals surface area contributed by atoms with Crippen molar-refractivity contribution in [3.8, 4) is 17.2 Å². The number of benzene rings is 2. The molecule has 0 radical (unpaired) electrons. The Kier molecular flexibility index (Phi) is 5.28. The fourth-order valence-electron chi connectivity index (χ4n) is 4.62. The SMILES string of the molecule is COc1ccc(CCN2COc3c(Cl)cc4c5c(c(=O)oc4c3C2)CCC5)cc1OC. The van der Waals surface area contributed by atoms with Crippen molar-refractivity contribution in [1.29, 1.82) is 0 Å². The highest BCUT2D eigenvalue weighted by Crippen LogP contribution is 2.41. The van der Waals surface area contributed by atoms with E-state index >= 15 is 0 Å². The normalized spacial score (nSPS) is 15.5. The first-order valence-electron chi connectivity index (χ1n) is 10.4. The van der Waals surface area contributed by atoms with Crippen LogP contribution in [0.2, 0.25) is 5.02 Å². The van der Waals surface area contributed by atoms with Crippen molar-refractivity contribution in [2.45, 2.75) is 32.2 Å². The predicted octanol–water partition coefficient (Wildman–Crippen LogP) is 4.35. The number of hydrogen-bond donors (Lipinski definition) is 0. The molecule has 5 rings (SSSR count). The fourth-order valence-corrected chi connectivity index (χ4v) is 4.90. The molecule has 1 aromatic heterocycles. The summed E-state index contributed by atoms with van der Waals surface area (Å²) in [6.45, 7) is 1.82. The Bertz CT molecular complexity index is 1220. The average Bonchev–Trinajstić information content (AvgIpc) is 3.29. The molecule has 7 heteroatoms. The van der Waals surface area contributed by atoms with E-state index < -0.39 is 0 Å². The van der Waals surface area contributed by atoms with E-state index in [4.69, 9.17) is 30.2 Å². The Labute approximate surface area is 185 Å². The summed E-state index contributed by atoms with van der Waals surface area (Å²) >= 11 is 6.56. The topological polar surface area (TPSA) is 61.1 Å². The van der Waals surface area contributed by atoms with Gasteiger partial charge in [0, 0.05) is 24.0 Å². The van der Waals surface area contributed by atoms with E-state index in [0.29, 0.717) is 41.1 Å². The van der Waals surface area contributed by atoms with E-state index in [2.05, 4.69) is 4.90 Å². The van der Waals surface area contributed by atoms with Gasteiger partial charge >= 0.3 is 5.63 Å². The van der Waals surface area contributed by atoms with Crippen molar-refractivity contribution in [2.24, 2.45) is 0 Å². The van der Waals surface area contributed by atoms with Crippen LogP contribution in [-0.2, 0) is 25.8 Å². The third-order valence-corrected chi connectivity index (χ3v) is 6.48. The third-order valence-electron chi connectivity index (χ3n) is 6.20. The molecule has 0 saturated carbocycles. The number of halogens is 1. The molecule has 0 unspecified atom stereocenters. The molecule has 0 atom stereocenters. The lowest BCUT2D eigenvalue weighted by atomic mass is 10.0. The number of rotatable bonds is 5. The van der Waals surface area contributed by atoms with Crippen LogP contribution in [0.5, 0.6) is 17.2 Å². The summed E-state index contributed by atoms with van der Waals surface area (Å²) in [5, 5.41) is 1.52. The zero-order valence-electron chi connectivity index (χ0n) is 17.6. The molecule has 1 aliphatic carbocycles. The van der Waals surface area contributed by atoms with E-state index in [1.165, 1.54) is 0 Å². The Morgan fingerprint density at radius 3 is 2.68 bits per heavy atom. The minimum absolute atomic E-state index is 0.230. The maximum Gasteiger partial charge on any atom is 0.339 e. The molecule has 0 fully saturated rings. The van der Waals surface area contributed by atoms with Gasteiger partial charge < -0.3 is 18.6 Å². The largest absolute Gasteiger partial charge is 0.493 e. The lowest BCUT2D eigenvalue weighted by molar-refractivity contribution is 0.0968. The van der Waals surface area contributed by atoms with Gasteiger partial charge in [0.2, 0.25) is 0 Å². The van der Waals surface area contributed by atoms with E-state index in [-0.39, 0.29) is 5.63 Å². The van der Waals surface area contributed by atoms with Crippen LogP contribution in [0, 0.1) is 0 Å². The summed E-state index contributed by atoms with van der Waals surface area (Å²) in [5.74, 6) is 2.05. The predicted molar refractivity (Wildman–Crippen MR) is 119 cm³/mol. The molecule has 2 aliphatic rings. The van der Waals surface area contributed by atoms with Gasteiger partial charge in [0.25, 0.3) is 0 Å². The number of methoxy groups -OCH3 is 2. The average molecular weight is 442 g/mol. The summed E-state index contributed by atoms with van der Waals surface area (Å²) in [6, 6.07) is 7.84. The van der Waals surface area contributed by atoms with Gasteiger partial charge in [-0.1, -0.05) is 17.7 Å². The van der Waals surface area contributed by atoms with Gasteiger partial charge in [-0.15, -0.1) is 0 Å². The first-order valence-corrected chi connectivity index (χ1v) is 10.8. The quantitative estimate of drug-likeness (QED) is 0.549. The monoisotopic (exact) mass is 441 g/mol. The minimum Gasteiger partial charge on any atom is -0.493 e. The van der Waals surface area contributed by atoms with Crippen molar-refractivity contribution in [3.63, 3.8) is 0 Å². The maximum absolute atomic E-state index is 12.5. The van der Waals surface area contributed by atoms with Crippen LogP contribution in [0.15, 0.2) is 33.5 Å². The number of hydrogen-bond acceptors (Lipinski definition) is 6. The second kappa shape index (κ2) is 8.09. The molecule has 162 valence electrons. The van der Waals surface area contributed by atoms with Gasteiger partial charge in [-0.05, 0) is 55.0 Å². The van der Waals surface area contributed by atoms with Crippen LogP contribution in [-0.4, -0.2) is 32.4 Å². The van der Waals surface area contributed by atoms with Crippen molar-refractivity contribution >= 4 is 22.6 Å². The number of nitrogens with zero attached hydrogens (tertiary/aromatic N) is 1. The smallest absolute Gasteiger partial charge is 0.339 e. The van der Waals surface area contributed by atoms with Gasteiger partial charge in [-0.25, -0.2) is 4.79 Å². The third kappa shape index (κ3) is 3.54. The minimum atomic E-state index is -0.230. The van der Waals surface area contributed by atoms with E-state index in [9.17, 15) is 4.79 Å². The zero-order valence-corrected chi connectivity index (χ0v) is 18.4. The molecule has 0 amide bonds. The van der Waals surface area contributed by atoms with Crippen LogP contribution in [0.4, 0.5) is 0 Å². The van der Waals surface area contributed by atoms with E-state index in [1.807, 2.05) is 24.3 Å². The standard InChI is InChI=1S/C24H24ClNO5/c1-28-20-7-6-14(10-21(20)29-2)8-9-26-12-18-22-17(11-19(25)23(18)30-13-26)15-4-3-5-16(15)24(27)31-22/h6-7,10-11H,3-5,8-9,12-13H2,1-2H3. The highest BCUT2D eigenvalue weighted by atomic mass is 35.5. The maximum atomic E-state index is 12.5. The van der Waals surface area contributed by atoms with Crippen molar-refractivity contribution < 1.29 is 18.6 Å². The Balaban J connectivity index is 1.42. The lowest BCUT2D eigenvalue weighted by Crippen LogP contribution is -2.34. The highest BCUT2D eigenvalue weighted by Gasteiger charge is 2.28. The molecule has 1 aliphatic heterocycles. The Morgan fingerprint density at radius 1 is 1.06 bits per heavy atom. The lowest BCUT2D eigenvalue weighted by Gasteiger charge is -2.30. The van der Waals surface area contributed by atoms with Crippen LogP contribution in [0.3, 0.4) is 0 Å². The van der Waals surface area contributed by atoms with Crippen LogP contribution >= 0.6 is 11.6 Å². The van der Waals surface area contributed by atoms with Gasteiger partial charge in [-0.2, -0.15) is 0 Å². The molecule has 0 spiro atoms. The van der Waals surface area contributed by atoms with E-state index in [0.717, 1.165) is 59.9 Å². The summed E-state index contributed by atoms with van der Waals surface area (Å²) in [7, 11) is 3.26. The molecular formula is C24H24ClNO5. The number of aryl methyl sites for hydroxylation is 1. The first kappa shape index (κ1) is 20.2. The molecular weight excluding hydrogens is 418 g/mol. The first-order chi connectivity index (χ1) is 15.1. The van der Waals surface area contributed by atoms with Crippen molar-refractivity contribution in [2.75, 3.05) is 27.5 Å². The summed E-state index contributed by atoms with van der Waals surface area (Å²) in [6.07, 6.45) is 3.45. The molecule has 2 aromatic carbocycles. The van der Waals surface area contributed by atoms with Crippen molar-refractivity contribution in [1.82, 2.24) is 4.90 Å². The number of ether oxygens (including phenoxy) is 3. The molecule has 3 aromatic rings. The van der Waals surface area contributed by atoms with Gasteiger partial charge in [-0.3, -0.25) is 4.90 Å². The fraction of sp³-hybridized carbons (Fsp3) is 0.375. The molecule has 6 nitrogen and oxygen atoms in total. The Hall–Kier alpha value is -2.70. The van der Waals surface area contributed by atoms with Crippen LogP contribution in [0.1, 0.15) is 28.7 Å². The molecule has 0 N–H and O–H groups in total. The second-order valence-electron chi connectivity index (χ2n) is 8.01. The number of fused-ring (bicyclic) bond motifs is 5. The van der Waals surface area contributed by atoms with Gasteiger partial charge in [0.15, 0.2) is 11.5 Å². The molecule has 0 saturated heterocycles. The second-order valence-corrected chi connectivity index (χ2v) is 8.42. The van der Waals surface area contributed by atoms with Crippen LogP contribution in [0.25, 0.3) is 11.0 Å². The summed E-state index contributed by atoms with van der Waals surface area (Å²) in [4.78, 5) is 14.7. The zero-order chi connectivity index (χ0) is 21.5. The van der Waals surface area contributed by atoms with E-state index in [1.54, 1.807) is 14.2 Å². The molecule has 0 bridgehead atoms. The summed E-state index contributed by atoms with van der Waals surface area (Å²) < 4.78 is 22.5. The Morgan fingerprint density at radius 2 is 1.87 bits per heavy atom. The van der Waals surface area contributed by atoms with Crippen molar-refractivity contribution in [3.05, 3.63) is 62.0 Å². The molecule has 2 heterocycles. The van der Waals surface area contributed by atoms with Gasteiger partial charge in [0.1, 0.15) is 18.1 Å². The van der Waals surface area contributed by atoms with Gasteiger partial charge in [0.05, 0.1) is 24.8 Å². The highest BCUT2D eigenvalue weighted by molar-refractivity contribution is 6.33.